The number of rotatable bonds is 8. The summed E-state index contributed by atoms with van der Waals surface area (Å²) in [5.74, 6) is 0.119. The van der Waals surface area contributed by atoms with Crippen molar-refractivity contribution >= 4 is 11.8 Å². The quantitative estimate of drug-likeness (QED) is 0.548. The van der Waals surface area contributed by atoms with Crippen LogP contribution in [0.5, 0.6) is 0 Å². The van der Waals surface area contributed by atoms with Gasteiger partial charge in [0, 0.05) is 13.0 Å². The molecule has 0 aromatic heterocycles. The molecule has 0 aliphatic carbocycles. The lowest BCUT2D eigenvalue weighted by Gasteiger charge is -2.08. The van der Waals surface area contributed by atoms with Crippen LogP contribution in [0.15, 0.2) is 0 Å². The van der Waals surface area contributed by atoms with E-state index >= 15 is 0 Å². The monoisotopic (exact) mass is 229 g/mol. The van der Waals surface area contributed by atoms with Gasteiger partial charge in [-0.25, -0.2) is 0 Å². The maximum absolute atomic E-state index is 11.3. The normalized spacial score (nSPS) is 11.9. The number of carbonyl (C=O) groups is 2. The van der Waals surface area contributed by atoms with Crippen molar-refractivity contribution in [3.63, 3.8) is 0 Å². The zero-order valence-electron chi connectivity index (χ0n) is 10.2. The molecule has 5 heteroatoms. The zero-order chi connectivity index (χ0) is 12.4. The predicted molar refractivity (Wildman–Crippen MR) is 63.8 cm³/mol. The first-order valence-corrected chi connectivity index (χ1v) is 5.83. The largest absolute Gasteiger partial charge is 0.355 e. The van der Waals surface area contributed by atoms with Crippen LogP contribution >= 0.6 is 0 Å². The molecular weight excluding hydrogens is 206 g/mol. The van der Waals surface area contributed by atoms with Gasteiger partial charge in [-0.2, -0.15) is 0 Å². The van der Waals surface area contributed by atoms with Crippen LogP contribution in [-0.4, -0.2) is 31.4 Å². The maximum atomic E-state index is 11.3. The Morgan fingerprint density at radius 2 is 1.94 bits per heavy atom. The molecule has 0 bridgehead atoms. The fourth-order valence-corrected chi connectivity index (χ4v) is 1.09. The van der Waals surface area contributed by atoms with Gasteiger partial charge in [-0.15, -0.1) is 0 Å². The summed E-state index contributed by atoms with van der Waals surface area (Å²) in [5.41, 5.74) is 5.44. The van der Waals surface area contributed by atoms with Crippen molar-refractivity contribution in [1.82, 2.24) is 10.6 Å². The molecule has 0 saturated heterocycles. The molecule has 0 aliphatic rings. The molecule has 0 aromatic rings. The number of nitrogens with two attached hydrogens (primary N) is 1. The fourth-order valence-electron chi connectivity index (χ4n) is 1.09. The number of hydrogen-bond donors (Lipinski definition) is 3. The van der Waals surface area contributed by atoms with Crippen molar-refractivity contribution in [3.8, 4) is 0 Å². The average Bonchev–Trinajstić information content (AvgIpc) is 2.30. The van der Waals surface area contributed by atoms with E-state index in [0.29, 0.717) is 25.4 Å². The third kappa shape index (κ3) is 8.23. The van der Waals surface area contributed by atoms with Crippen LogP contribution in [-0.2, 0) is 9.59 Å². The van der Waals surface area contributed by atoms with Gasteiger partial charge in [0.25, 0.3) is 0 Å². The second-order valence-corrected chi connectivity index (χ2v) is 4.01. The lowest BCUT2D eigenvalue weighted by Crippen LogP contribution is -2.37. The summed E-state index contributed by atoms with van der Waals surface area (Å²) >= 11 is 0. The van der Waals surface area contributed by atoms with Crippen LogP contribution < -0.4 is 16.4 Å². The SMILES string of the molecule is CCCNC(=O)CNC(=O)CCC(C)CN. The van der Waals surface area contributed by atoms with E-state index < -0.39 is 0 Å². The molecule has 1 atom stereocenters. The molecule has 5 nitrogen and oxygen atoms in total. The molecule has 1 unspecified atom stereocenters. The van der Waals surface area contributed by atoms with Crippen molar-refractivity contribution < 1.29 is 9.59 Å². The first-order valence-electron chi connectivity index (χ1n) is 5.83. The van der Waals surface area contributed by atoms with Crippen LogP contribution in [0.2, 0.25) is 0 Å². The van der Waals surface area contributed by atoms with Gasteiger partial charge in [0.15, 0.2) is 0 Å². The number of amides is 2. The van der Waals surface area contributed by atoms with Crippen molar-refractivity contribution in [2.45, 2.75) is 33.1 Å². The van der Waals surface area contributed by atoms with E-state index in [0.717, 1.165) is 12.8 Å². The highest BCUT2D eigenvalue weighted by Crippen LogP contribution is 2.02. The Morgan fingerprint density at radius 3 is 2.50 bits per heavy atom. The second kappa shape index (κ2) is 9.15. The molecular formula is C11H23N3O2. The van der Waals surface area contributed by atoms with Gasteiger partial charge in [0.05, 0.1) is 6.54 Å². The number of nitrogens with one attached hydrogen (secondary N) is 2. The molecule has 0 saturated carbocycles. The van der Waals surface area contributed by atoms with Crippen molar-refractivity contribution in [1.29, 1.82) is 0 Å². The summed E-state index contributed by atoms with van der Waals surface area (Å²) < 4.78 is 0. The Labute approximate surface area is 97.2 Å². The number of carbonyl (C=O) groups excluding carboxylic acids is 2. The minimum Gasteiger partial charge on any atom is -0.355 e. The highest BCUT2D eigenvalue weighted by atomic mass is 16.2. The molecule has 2 amide bonds. The van der Waals surface area contributed by atoms with Crippen molar-refractivity contribution in [2.24, 2.45) is 11.7 Å². The van der Waals surface area contributed by atoms with E-state index in [1.165, 1.54) is 0 Å². The Morgan fingerprint density at radius 1 is 1.25 bits per heavy atom. The average molecular weight is 229 g/mol. The van der Waals surface area contributed by atoms with Crippen molar-refractivity contribution in [3.05, 3.63) is 0 Å². The van der Waals surface area contributed by atoms with Crippen LogP contribution in [0.1, 0.15) is 33.1 Å². The summed E-state index contributed by atoms with van der Waals surface area (Å²) in [5, 5.41) is 5.27. The summed E-state index contributed by atoms with van der Waals surface area (Å²) in [6, 6.07) is 0. The lowest BCUT2D eigenvalue weighted by molar-refractivity contribution is -0.126. The van der Waals surface area contributed by atoms with Gasteiger partial charge in [0.1, 0.15) is 0 Å². The second-order valence-electron chi connectivity index (χ2n) is 4.01. The minimum atomic E-state index is -0.137. The molecule has 0 radical (unpaired) electrons. The summed E-state index contributed by atoms with van der Waals surface area (Å²) in [6.07, 6.45) is 2.09. The van der Waals surface area contributed by atoms with E-state index in [-0.39, 0.29) is 18.4 Å². The molecule has 0 aromatic carbocycles. The first-order chi connectivity index (χ1) is 7.60. The Kier molecular flexibility index (Phi) is 8.52. The smallest absolute Gasteiger partial charge is 0.239 e. The molecule has 0 fully saturated rings. The Balaban J connectivity index is 3.53. The van der Waals surface area contributed by atoms with Gasteiger partial charge in [-0.1, -0.05) is 13.8 Å². The van der Waals surface area contributed by atoms with Crippen molar-refractivity contribution in [2.75, 3.05) is 19.6 Å². The van der Waals surface area contributed by atoms with E-state index in [4.69, 9.17) is 5.73 Å². The topological polar surface area (TPSA) is 84.2 Å². The van der Waals surface area contributed by atoms with E-state index in [1.807, 2.05) is 13.8 Å². The Bertz CT molecular complexity index is 219. The minimum absolute atomic E-state index is 0.0653. The van der Waals surface area contributed by atoms with Crippen LogP contribution in [0.25, 0.3) is 0 Å². The maximum Gasteiger partial charge on any atom is 0.239 e. The molecule has 94 valence electrons. The van der Waals surface area contributed by atoms with Gasteiger partial charge >= 0.3 is 0 Å². The molecule has 0 rings (SSSR count). The lowest BCUT2D eigenvalue weighted by atomic mass is 10.1. The summed E-state index contributed by atoms with van der Waals surface area (Å²) in [4.78, 5) is 22.5. The van der Waals surface area contributed by atoms with E-state index in [2.05, 4.69) is 10.6 Å². The highest BCUT2D eigenvalue weighted by Gasteiger charge is 2.06. The first kappa shape index (κ1) is 14.9. The summed E-state index contributed by atoms with van der Waals surface area (Å²) in [6.45, 7) is 5.29. The van der Waals surface area contributed by atoms with Gasteiger partial charge in [-0.3, -0.25) is 9.59 Å². The highest BCUT2D eigenvalue weighted by molar-refractivity contribution is 5.84. The predicted octanol–water partition coefficient (Wildman–Crippen LogP) is 0.00380. The van der Waals surface area contributed by atoms with Gasteiger partial charge in [-0.05, 0) is 25.3 Å². The number of hydrogen-bond acceptors (Lipinski definition) is 3. The fraction of sp³-hybridized carbons (Fsp3) is 0.818. The molecule has 16 heavy (non-hydrogen) atoms. The molecule has 0 aliphatic heterocycles. The third-order valence-corrected chi connectivity index (χ3v) is 2.28. The van der Waals surface area contributed by atoms with E-state index in [9.17, 15) is 9.59 Å². The van der Waals surface area contributed by atoms with Crippen LogP contribution in [0.3, 0.4) is 0 Å². The van der Waals surface area contributed by atoms with E-state index in [1.54, 1.807) is 0 Å². The standard InChI is InChI=1S/C11H23N3O2/c1-3-6-13-11(16)8-14-10(15)5-4-9(2)7-12/h9H,3-8,12H2,1-2H3,(H,13,16)(H,14,15). The van der Waals surface area contributed by atoms with Crippen LogP contribution in [0.4, 0.5) is 0 Å². The molecule has 0 spiro atoms. The Hall–Kier alpha value is -1.10. The third-order valence-electron chi connectivity index (χ3n) is 2.28. The molecule has 0 heterocycles. The zero-order valence-corrected chi connectivity index (χ0v) is 10.2. The van der Waals surface area contributed by atoms with Crippen LogP contribution in [0, 0.1) is 5.92 Å². The molecule has 4 N–H and O–H groups in total. The van der Waals surface area contributed by atoms with Gasteiger partial charge in [0.2, 0.25) is 11.8 Å². The summed E-state index contributed by atoms with van der Waals surface area (Å²) in [7, 11) is 0. The van der Waals surface area contributed by atoms with Gasteiger partial charge < -0.3 is 16.4 Å².